The van der Waals surface area contributed by atoms with Crippen LogP contribution in [0.4, 0.5) is 4.39 Å². The Morgan fingerprint density at radius 2 is 1.95 bits per heavy atom. The lowest BCUT2D eigenvalue weighted by Crippen LogP contribution is -2.52. The zero-order valence-corrected chi connectivity index (χ0v) is 12.6. The van der Waals surface area contributed by atoms with E-state index in [1.165, 1.54) is 6.20 Å². The van der Waals surface area contributed by atoms with Crippen LogP contribution in [0.25, 0.3) is 0 Å². The van der Waals surface area contributed by atoms with Crippen LogP contribution in [-0.4, -0.2) is 23.0 Å². The van der Waals surface area contributed by atoms with E-state index in [-0.39, 0.29) is 36.3 Å². The zero-order valence-electron chi connectivity index (χ0n) is 11.0. The lowest BCUT2D eigenvalue weighted by molar-refractivity contribution is 0.0894. The fraction of sp³-hybridized carbons (Fsp3) is 0.500. The predicted octanol–water partition coefficient (Wildman–Crippen LogP) is 2.31. The number of rotatable bonds is 5. The maximum Gasteiger partial charge on any atom is 0.253 e. The van der Waals surface area contributed by atoms with Gasteiger partial charge in [-0.1, -0.05) is 13.8 Å². The van der Waals surface area contributed by atoms with Crippen molar-refractivity contribution >= 4 is 30.7 Å². The highest BCUT2D eigenvalue weighted by Crippen LogP contribution is 2.14. The summed E-state index contributed by atoms with van der Waals surface area (Å²) in [4.78, 5) is 15.6. The Morgan fingerprint density at radius 3 is 2.37 bits per heavy atom. The second kappa shape index (κ2) is 9.07. The van der Waals surface area contributed by atoms with Crippen LogP contribution in [0, 0.1) is 5.82 Å². The molecule has 0 spiro atoms. The molecule has 0 unspecified atom stereocenters. The van der Waals surface area contributed by atoms with Gasteiger partial charge in [0.2, 0.25) is 0 Å². The molecule has 0 atom stereocenters. The van der Waals surface area contributed by atoms with Crippen LogP contribution in [0.15, 0.2) is 18.5 Å². The molecule has 7 heteroatoms. The highest BCUT2D eigenvalue weighted by atomic mass is 35.5. The average molecular weight is 312 g/mol. The highest BCUT2D eigenvalue weighted by molar-refractivity contribution is 5.94. The van der Waals surface area contributed by atoms with E-state index >= 15 is 0 Å². The topological polar surface area (TPSA) is 68.0 Å². The van der Waals surface area contributed by atoms with E-state index in [0.29, 0.717) is 6.54 Å². The molecule has 110 valence electrons. The number of pyridine rings is 1. The Morgan fingerprint density at radius 1 is 1.37 bits per heavy atom. The molecule has 1 aromatic rings. The van der Waals surface area contributed by atoms with Crippen molar-refractivity contribution < 1.29 is 9.18 Å². The second-order valence-corrected chi connectivity index (χ2v) is 4.04. The number of halogens is 3. The van der Waals surface area contributed by atoms with Gasteiger partial charge in [-0.2, -0.15) is 0 Å². The number of hydrogen-bond acceptors (Lipinski definition) is 3. The molecule has 0 saturated heterocycles. The van der Waals surface area contributed by atoms with Gasteiger partial charge in [-0.05, 0) is 18.9 Å². The molecule has 0 bridgehead atoms. The standard InChI is InChI=1S/C12H18FN3O.2ClH/c1-3-12(4-2,8-14)16-11(17)9-5-10(13)7-15-6-9;;/h5-7H,3-4,8,14H2,1-2H3,(H,16,17);2*1H. The van der Waals surface area contributed by atoms with Crippen molar-refractivity contribution in [3.8, 4) is 0 Å². The van der Waals surface area contributed by atoms with E-state index < -0.39 is 11.4 Å². The van der Waals surface area contributed by atoms with Crippen LogP contribution in [0.3, 0.4) is 0 Å². The van der Waals surface area contributed by atoms with Gasteiger partial charge < -0.3 is 11.1 Å². The van der Waals surface area contributed by atoms with Crippen LogP contribution in [0.1, 0.15) is 37.0 Å². The normalized spacial score (nSPS) is 10.1. The maximum atomic E-state index is 12.9. The van der Waals surface area contributed by atoms with Crippen molar-refractivity contribution in [2.75, 3.05) is 6.54 Å². The van der Waals surface area contributed by atoms with Crippen molar-refractivity contribution in [3.63, 3.8) is 0 Å². The summed E-state index contributed by atoms with van der Waals surface area (Å²) in [7, 11) is 0. The van der Waals surface area contributed by atoms with Gasteiger partial charge in [-0.15, -0.1) is 24.8 Å². The molecule has 1 rings (SSSR count). The Balaban J connectivity index is 0. The number of carbonyl (C=O) groups is 1. The van der Waals surface area contributed by atoms with E-state index in [9.17, 15) is 9.18 Å². The van der Waals surface area contributed by atoms with Gasteiger partial charge in [0.05, 0.1) is 17.3 Å². The Bertz CT molecular complexity index is 392. The lowest BCUT2D eigenvalue weighted by atomic mass is 9.92. The summed E-state index contributed by atoms with van der Waals surface area (Å²) >= 11 is 0. The zero-order chi connectivity index (χ0) is 12.9. The molecule has 19 heavy (non-hydrogen) atoms. The highest BCUT2D eigenvalue weighted by Gasteiger charge is 2.26. The summed E-state index contributed by atoms with van der Waals surface area (Å²) in [5, 5.41) is 2.85. The van der Waals surface area contributed by atoms with E-state index in [4.69, 9.17) is 5.73 Å². The lowest BCUT2D eigenvalue weighted by Gasteiger charge is -2.31. The van der Waals surface area contributed by atoms with Crippen molar-refractivity contribution in [1.29, 1.82) is 0 Å². The minimum absolute atomic E-state index is 0. The molecule has 1 amide bonds. The summed E-state index contributed by atoms with van der Waals surface area (Å²) in [6, 6.07) is 1.16. The number of aromatic nitrogens is 1. The molecular formula is C12H20Cl2FN3O. The molecule has 0 aromatic carbocycles. The SMILES string of the molecule is CCC(CC)(CN)NC(=O)c1cncc(F)c1.Cl.Cl. The van der Waals surface area contributed by atoms with Gasteiger partial charge in [0.15, 0.2) is 0 Å². The molecule has 0 saturated carbocycles. The first-order chi connectivity index (χ1) is 8.06. The van der Waals surface area contributed by atoms with Gasteiger partial charge in [0.25, 0.3) is 5.91 Å². The van der Waals surface area contributed by atoms with Crippen LogP contribution in [0.2, 0.25) is 0 Å². The third-order valence-electron chi connectivity index (χ3n) is 3.09. The molecule has 0 radical (unpaired) electrons. The third-order valence-corrected chi connectivity index (χ3v) is 3.09. The van der Waals surface area contributed by atoms with E-state index in [0.717, 1.165) is 25.1 Å². The molecular weight excluding hydrogens is 292 g/mol. The van der Waals surface area contributed by atoms with Gasteiger partial charge in [0, 0.05) is 12.7 Å². The molecule has 0 aliphatic rings. The molecule has 0 aliphatic carbocycles. The van der Waals surface area contributed by atoms with Crippen molar-refractivity contribution in [1.82, 2.24) is 10.3 Å². The molecule has 1 heterocycles. The summed E-state index contributed by atoms with van der Waals surface area (Å²) < 4.78 is 12.9. The van der Waals surface area contributed by atoms with Crippen molar-refractivity contribution in [2.24, 2.45) is 5.73 Å². The number of nitrogens with two attached hydrogens (primary N) is 1. The summed E-state index contributed by atoms with van der Waals surface area (Å²) in [5.41, 5.74) is 5.47. The van der Waals surface area contributed by atoms with Crippen molar-refractivity contribution in [2.45, 2.75) is 32.2 Å². The van der Waals surface area contributed by atoms with Gasteiger partial charge in [0.1, 0.15) is 5.82 Å². The summed E-state index contributed by atoms with van der Waals surface area (Å²) in [6.45, 7) is 4.27. The number of carbonyl (C=O) groups excluding carboxylic acids is 1. The number of amides is 1. The summed E-state index contributed by atoms with van der Waals surface area (Å²) in [6.07, 6.45) is 3.86. The molecule has 3 N–H and O–H groups in total. The van der Waals surface area contributed by atoms with E-state index in [1.54, 1.807) is 0 Å². The smallest absolute Gasteiger partial charge is 0.253 e. The number of nitrogens with one attached hydrogen (secondary N) is 1. The third kappa shape index (κ3) is 5.30. The first-order valence-electron chi connectivity index (χ1n) is 5.70. The van der Waals surface area contributed by atoms with E-state index in [2.05, 4.69) is 10.3 Å². The Labute approximate surface area is 125 Å². The minimum Gasteiger partial charge on any atom is -0.345 e. The fourth-order valence-corrected chi connectivity index (χ4v) is 1.62. The number of hydrogen-bond donors (Lipinski definition) is 2. The van der Waals surface area contributed by atoms with Crippen LogP contribution in [-0.2, 0) is 0 Å². The molecule has 4 nitrogen and oxygen atoms in total. The minimum atomic E-state index is -0.524. The van der Waals surface area contributed by atoms with Gasteiger partial charge >= 0.3 is 0 Å². The van der Waals surface area contributed by atoms with Crippen LogP contribution in [0.5, 0.6) is 0 Å². The monoisotopic (exact) mass is 311 g/mol. The first-order valence-corrected chi connectivity index (χ1v) is 5.70. The largest absolute Gasteiger partial charge is 0.345 e. The second-order valence-electron chi connectivity index (χ2n) is 4.04. The van der Waals surface area contributed by atoms with Gasteiger partial charge in [-0.3, -0.25) is 9.78 Å². The fourth-order valence-electron chi connectivity index (χ4n) is 1.62. The van der Waals surface area contributed by atoms with Gasteiger partial charge in [-0.25, -0.2) is 4.39 Å². The average Bonchev–Trinajstić information content (AvgIpc) is 2.36. The predicted molar refractivity (Wildman–Crippen MR) is 78.5 cm³/mol. The number of nitrogens with zero attached hydrogens (tertiary/aromatic N) is 1. The first kappa shape index (κ1) is 20.4. The maximum absolute atomic E-state index is 12.9. The Hall–Kier alpha value is -0.910. The van der Waals surface area contributed by atoms with Crippen LogP contribution < -0.4 is 11.1 Å². The van der Waals surface area contributed by atoms with E-state index in [1.807, 2.05) is 13.8 Å². The molecule has 0 fully saturated rings. The molecule has 0 aliphatic heterocycles. The van der Waals surface area contributed by atoms with Crippen molar-refractivity contribution in [3.05, 3.63) is 29.8 Å². The summed E-state index contributed by atoms with van der Waals surface area (Å²) in [5.74, 6) is -0.866. The molecule has 1 aromatic heterocycles. The quantitative estimate of drug-likeness (QED) is 0.877. The Kier molecular flexibility index (Phi) is 9.74. The van der Waals surface area contributed by atoms with Crippen LogP contribution >= 0.6 is 24.8 Å².